The molecule has 0 radical (unpaired) electrons. The highest BCUT2D eigenvalue weighted by atomic mass is 35.5. The van der Waals surface area contributed by atoms with Crippen LogP contribution in [0.15, 0.2) is 36.7 Å². The lowest BCUT2D eigenvalue weighted by Crippen LogP contribution is -2.51. The highest BCUT2D eigenvalue weighted by molar-refractivity contribution is 6.33. The maximum absolute atomic E-state index is 6.42. The van der Waals surface area contributed by atoms with E-state index in [0.29, 0.717) is 11.0 Å². The summed E-state index contributed by atoms with van der Waals surface area (Å²) < 4.78 is 0. The second kappa shape index (κ2) is 6.65. The van der Waals surface area contributed by atoms with Crippen molar-refractivity contribution in [2.75, 3.05) is 18.4 Å². The summed E-state index contributed by atoms with van der Waals surface area (Å²) in [4.78, 5) is 12.5. The Morgan fingerprint density at radius 2 is 2.20 bits per heavy atom. The van der Waals surface area contributed by atoms with Crippen LogP contribution in [0.2, 0.25) is 5.02 Å². The van der Waals surface area contributed by atoms with Crippen molar-refractivity contribution >= 4 is 28.5 Å². The fourth-order valence-electron chi connectivity index (χ4n) is 3.59. The number of hydrogen-bond acceptors (Lipinski definition) is 4. The SMILES string of the molecule is CCC1(Nc2ncc(Cl)c(-c3c[nH]c4ccccc34)n2)CCCNC1. The minimum atomic E-state index is 0.00354. The molecule has 25 heavy (non-hydrogen) atoms. The standard InChI is InChI=1S/C19H22ClN5/c1-2-19(8-5-9-21-12-19)25-18-23-11-15(20)17(24-18)14-10-22-16-7-4-3-6-13(14)16/h3-4,6-7,10-11,21-22H,2,5,8-9,12H2,1H3,(H,23,24,25). The normalized spacial score (nSPS) is 20.7. The molecular formula is C19H22ClN5. The number of fused-ring (bicyclic) bond motifs is 1. The summed E-state index contributed by atoms with van der Waals surface area (Å²) in [5, 5.41) is 8.71. The molecular weight excluding hydrogens is 334 g/mol. The number of nitrogens with one attached hydrogen (secondary N) is 3. The van der Waals surface area contributed by atoms with Crippen molar-refractivity contribution in [2.24, 2.45) is 0 Å². The van der Waals surface area contributed by atoms with Gasteiger partial charge in [-0.25, -0.2) is 9.97 Å². The molecule has 4 rings (SSSR count). The Kier molecular flexibility index (Phi) is 4.36. The molecule has 1 fully saturated rings. The van der Waals surface area contributed by atoms with E-state index in [1.807, 2.05) is 24.4 Å². The van der Waals surface area contributed by atoms with Gasteiger partial charge in [0.1, 0.15) is 0 Å². The Bertz CT molecular complexity index is 882. The molecule has 130 valence electrons. The number of benzene rings is 1. The molecule has 1 aliphatic rings. The zero-order valence-corrected chi connectivity index (χ0v) is 15.0. The molecule has 1 unspecified atom stereocenters. The van der Waals surface area contributed by atoms with E-state index >= 15 is 0 Å². The van der Waals surface area contributed by atoms with Crippen LogP contribution in [0, 0.1) is 0 Å². The Labute approximate surface area is 152 Å². The molecule has 0 bridgehead atoms. The summed E-state index contributed by atoms with van der Waals surface area (Å²) >= 11 is 6.42. The van der Waals surface area contributed by atoms with E-state index in [4.69, 9.17) is 16.6 Å². The average molecular weight is 356 g/mol. The van der Waals surface area contributed by atoms with Crippen LogP contribution in [-0.4, -0.2) is 33.6 Å². The van der Waals surface area contributed by atoms with Crippen LogP contribution in [0.1, 0.15) is 26.2 Å². The smallest absolute Gasteiger partial charge is 0.223 e. The third kappa shape index (κ3) is 3.10. The number of para-hydroxylation sites is 1. The van der Waals surface area contributed by atoms with Gasteiger partial charge < -0.3 is 15.6 Å². The Balaban J connectivity index is 1.71. The number of piperidine rings is 1. The predicted molar refractivity (Wildman–Crippen MR) is 103 cm³/mol. The molecule has 1 atom stereocenters. The first-order valence-electron chi connectivity index (χ1n) is 8.79. The number of nitrogens with zero attached hydrogens (tertiary/aromatic N) is 2. The minimum Gasteiger partial charge on any atom is -0.360 e. The number of aromatic nitrogens is 3. The van der Waals surface area contributed by atoms with Gasteiger partial charge in [0.15, 0.2) is 0 Å². The molecule has 1 aliphatic heterocycles. The van der Waals surface area contributed by atoms with Gasteiger partial charge in [0.2, 0.25) is 5.95 Å². The predicted octanol–water partition coefficient (Wildman–Crippen LogP) is 4.22. The first-order chi connectivity index (χ1) is 12.2. The molecule has 2 aromatic heterocycles. The Morgan fingerprint density at radius 1 is 1.32 bits per heavy atom. The lowest BCUT2D eigenvalue weighted by Gasteiger charge is -2.37. The van der Waals surface area contributed by atoms with Gasteiger partial charge in [-0.2, -0.15) is 0 Å². The van der Waals surface area contributed by atoms with Crippen molar-refractivity contribution in [3.8, 4) is 11.3 Å². The van der Waals surface area contributed by atoms with Gasteiger partial charge >= 0.3 is 0 Å². The number of aromatic amines is 1. The maximum Gasteiger partial charge on any atom is 0.223 e. The van der Waals surface area contributed by atoms with Gasteiger partial charge in [0.25, 0.3) is 0 Å². The number of halogens is 1. The van der Waals surface area contributed by atoms with Crippen molar-refractivity contribution in [1.29, 1.82) is 0 Å². The van der Waals surface area contributed by atoms with Crippen LogP contribution in [0.4, 0.5) is 5.95 Å². The van der Waals surface area contributed by atoms with E-state index in [0.717, 1.165) is 54.5 Å². The van der Waals surface area contributed by atoms with Crippen molar-refractivity contribution in [2.45, 2.75) is 31.7 Å². The highest BCUT2D eigenvalue weighted by Gasteiger charge is 2.31. The molecule has 3 heterocycles. The second-order valence-electron chi connectivity index (χ2n) is 6.68. The number of rotatable bonds is 4. The molecule has 3 aromatic rings. The molecule has 1 saturated heterocycles. The van der Waals surface area contributed by atoms with Crippen LogP contribution in [0.25, 0.3) is 22.2 Å². The van der Waals surface area contributed by atoms with E-state index in [2.05, 4.69) is 33.6 Å². The molecule has 5 nitrogen and oxygen atoms in total. The van der Waals surface area contributed by atoms with Gasteiger partial charge in [-0.3, -0.25) is 0 Å². The van der Waals surface area contributed by atoms with Gasteiger partial charge in [-0.15, -0.1) is 0 Å². The number of hydrogen-bond donors (Lipinski definition) is 3. The molecule has 0 aliphatic carbocycles. The van der Waals surface area contributed by atoms with Crippen LogP contribution >= 0.6 is 11.6 Å². The van der Waals surface area contributed by atoms with Crippen molar-refractivity contribution in [3.05, 3.63) is 41.7 Å². The van der Waals surface area contributed by atoms with E-state index in [1.54, 1.807) is 6.20 Å². The van der Waals surface area contributed by atoms with Gasteiger partial charge in [0, 0.05) is 29.2 Å². The summed E-state index contributed by atoms with van der Waals surface area (Å²) in [6.07, 6.45) is 6.94. The van der Waals surface area contributed by atoms with Crippen molar-refractivity contribution < 1.29 is 0 Å². The largest absolute Gasteiger partial charge is 0.360 e. The monoisotopic (exact) mass is 355 g/mol. The molecule has 1 aromatic carbocycles. The van der Waals surface area contributed by atoms with Crippen LogP contribution in [0.3, 0.4) is 0 Å². The Hall–Kier alpha value is -2.11. The summed E-state index contributed by atoms with van der Waals surface area (Å²) in [6, 6.07) is 8.16. The van der Waals surface area contributed by atoms with E-state index in [1.165, 1.54) is 0 Å². The Morgan fingerprint density at radius 3 is 3.00 bits per heavy atom. The lowest BCUT2D eigenvalue weighted by atomic mass is 9.87. The quantitative estimate of drug-likeness (QED) is 0.655. The minimum absolute atomic E-state index is 0.00354. The molecule has 0 saturated carbocycles. The zero-order valence-electron chi connectivity index (χ0n) is 14.3. The second-order valence-corrected chi connectivity index (χ2v) is 7.08. The molecule has 0 spiro atoms. The first-order valence-corrected chi connectivity index (χ1v) is 9.16. The van der Waals surface area contributed by atoms with Crippen molar-refractivity contribution in [3.63, 3.8) is 0 Å². The van der Waals surface area contributed by atoms with Crippen LogP contribution in [-0.2, 0) is 0 Å². The maximum atomic E-state index is 6.42. The molecule has 6 heteroatoms. The van der Waals surface area contributed by atoms with Gasteiger partial charge in [-0.05, 0) is 31.9 Å². The third-order valence-corrected chi connectivity index (χ3v) is 5.39. The van der Waals surface area contributed by atoms with Gasteiger partial charge in [-0.1, -0.05) is 36.7 Å². The summed E-state index contributed by atoms with van der Waals surface area (Å²) in [6.45, 7) is 4.21. The number of H-pyrrole nitrogens is 1. The van der Waals surface area contributed by atoms with E-state index in [9.17, 15) is 0 Å². The van der Waals surface area contributed by atoms with Crippen LogP contribution in [0.5, 0.6) is 0 Å². The van der Waals surface area contributed by atoms with E-state index < -0.39 is 0 Å². The fraction of sp³-hybridized carbons (Fsp3) is 0.368. The third-order valence-electron chi connectivity index (χ3n) is 5.11. The first kappa shape index (κ1) is 16.4. The molecule has 3 N–H and O–H groups in total. The highest BCUT2D eigenvalue weighted by Crippen LogP contribution is 2.33. The van der Waals surface area contributed by atoms with Gasteiger partial charge in [0.05, 0.1) is 22.5 Å². The van der Waals surface area contributed by atoms with E-state index in [-0.39, 0.29) is 5.54 Å². The topological polar surface area (TPSA) is 65.6 Å². The summed E-state index contributed by atoms with van der Waals surface area (Å²) in [7, 11) is 0. The molecule has 0 amide bonds. The summed E-state index contributed by atoms with van der Waals surface area (Å²) in [5.41, 5.74) is 2.83. The fourth-order valence-corrected chi connectivity index (χ4v) is 3.78. The zero-order chi connectivity index (χ0) is 17.3. The number of anilines is 1. The average Bonchev–Trinajstić information content (AvgIpc) is 3.08. The summed E-state index contributed by atoms with van der Waals surface area (Å²) in [5.74, 6) is 0.634. The van der Waals surface area contributed by atoms with Crippen molar-refractivity contribution in [1.82, 2.24) is 20.3 Å². The lowest BCUT2D eigenvalue weighted by molar-refractivity contribution is 0.331. The van der Waals surface area contributed by atoms with Crippen LogP contribution < -0.4 is 10.6 Å².